The Bertz CT molecular complexity index is 595. The van der Waals surface area contributed by atoms with Gasteiger partial charge in [0.2, 0.25) is 0 Å². The summed E-state index contributed by atoms with van der Waals surface area (Å²) in [6.45, 7) is 6.16. The maximum absolute atomic E-state index is 10.5. The Morgan fingerprint density at radius 2 is 1.83 bits per heavy atom. The number of allylic oxidation sites excluding steroid dienone is 2. The Hall–Kier alpha value is -1.78. The summed E-state index contributed by atoms with van der Waals surface area (Å²) in [5.74, 6) is 0.128. The van der Waals surface area contributed by atoms with Gasteiger partial charge in [0.15, 0.2) is 0 Å². The molecule has 2 rings (SSSR count). The van der Waals surface area contributed by atoms with E-state index >= 15 is 0 Å². The van der Waals surface area contributed by atoms with Crippen molar-refractivity contribution in [1.82, 2.24) is 0 Å². The highest BCUT2D eigenvalue weighted by atomic mass is 16.3. The molecule has 1 aromatic rings. The van der Waals surface area contributed by atoms with Crippen LogP contribution in [0.25, 0.3) is 0 Å². The second kappa shape index (κ2) is 8.36. The van der Waals surface area contributed by atoms with Crippen LogP contribution >= 0.6 is 0 Å². The average molecular weight is 332 g/mol. The third-order valence-electron chi connectivity index (χ3n) is 4.86. The molecule has 0 saturated carbocycles. The van der Waals surface area contributed by atoms with Crippen LogP contribution in [0, 0.1) is 5.92 Å². The summed E-state index contributed by atoms with van der Waals surface area (Å²) in [6.07, 6.45) is 5.83. The van der Waals surface area contributed by atoms with Crippen molar-refractivity contribution in [1.29, 1.82) is 0 Å². The molecule has 1 aliphatic rings. The van der Waals surface area contributed by atoms with Crippen LogP contribution in [0.5, 0.6) is 11.5 Å². The second-order valence-corrected chi connectivity index (χ2v) is 6.73. The zero-order valence-electron chi connectivity index (χ0n) is 14.3. The molecule has 1 aromatic carbocycles. The first-order valence-corrected chi connectivity index (χ1v) is 8.59. The molecule has 1 unspecified atom stereocenters. The number of hydrogen-bond donors (Lipinski definition) is 4. The van der Waals surface area contributed by atoms with Crippen molar-refractivity contribution in [2.75, 3.05) is 13.2 Å². The molecule has 0 amide bonds. The quantitative estimate of drug-likeness (QED) is 0.456. The molecule has 0 saturated heterocycles. The second-order valence-electron chi connectivity index (χ2n) is 6.73. The Balaban J connectivity index is 2.36. The number of unbranched alkanes of at least 4 members (excludes halogenated alkanes) is 1. The van der Waals surface area contributed by atoms with E-state index in [1.54, 1.807) is 12.1 Å². The summed E-state index contributed by atoms with van der Waals surface area (Å²) in [7, 11) is 0. The maximum Gasteiger partial charge on any atom is 0.123 e. The van der Waals surface area contributed by atoms with Crippen molar-refractivity contribution in [3.05, 3.63) is 47.1 Å². The predicted molar refractivity (Wildman–Crippen MR) is 95.2 cm³/mol. The molecule has 0 aromatic heterocycles. The van der Waals surface area contributed by atoms with Crippen LogP contribution in [0.2, 0.25) is 0 Å². The van der Waals surface area contributed by atoms with Gasteiger partial charge in [-0.25, -0.2) is 0 Å². The minimum absolute atomic E-state index is 0.000176. The lowest BCUT2D eigenvalue weighted by Gasteiger charge is -2.31. The molecule has 0 radical (unpaired) electrons. The highest BCUT2D eigenvalue weighted by Gasteiger charge is 2.30. The van der Waals surface area contributed by atoms with Crippen LogP contribution < -0.4 is 0 Å². The van der Waals surface area contributed by atoms with E-state index in [2.05, 4.69) is 6.58 Å². The van der Waals surface area contributed by atoms with E-state index in [1.165, 1.54) is 0 Å². The van der Waals surface area contributed by atoms with Gasteiger partial charge in [-0.3, -0.25) is 0 Å². The molecule has 1 aliphatic carbocycles. The Labute approximate surface area is 143 Å². The van der Waals surface area contributed by atoms with E-state index in [-0.39, 0.29) is 36.5 Å². The summed E-state index contributed by atoms with van der Waals surface area (Å²) >= 11 is 0. The normalized spacial score (nSPS) is 20.7. The maximum atomic E-state index is 10.5. The SMILES string of the molecule is C=C(C)[C@@H]1CCC(CO)=CC1c1c(O)cc(CCCCO)cc1O. The van der Waals surface area contributed by atoms with Crippen LogP contribution in [-0.4, -0.2) is 33.6 Å². The molecule has 0 spiro atoms. The Kier molecular flexibility index (Phi) is 6.46. The fourth-order valence-corrected chi connectivity index (χ4v) is 3.55. The van der Waals surface area contributed by atoms with Crippen molar-refractivity contribution in [3.63, 3.8) is 0 Å². The van der Waals surface area contributed by atoms with Crippen LogP contribution in [0.4, 0.5) is 0 Å². The smallest absolute Gasteiger partial charge is 0.123 e. The lowest BCUT2D eigenvalue weighted by molar-refractivity contribution is 0.284. The van der Waals surface area contributed by atoms with Crippen molar-refractivity contribution in [2.24, 2.45) is 5.92 Å². The lowest BCUT2D eigenvalue weighted by Crippen LogP contribution is -2.18. The molecule has 0 fully saturated rings. The highest BCUT2D eigenvalue weighted by Crippen LogP contribution is 2.46. The monoisotopic (exact) mass is 332 g/mol. The van der Waals surface area contributed by atoms with Crippen LogP contribution in [0.1, 0.15) is 49.7 Å². The lowest BCUT2D eigenvalue weighted by atomic mass is 9.73. The fourth-order valence-electron chi connectivity index (χ4n) is 3.55. The standard InChI is InChI=1S/C20H28O4/c1-13(2)16-7-6-15(12-22)9-17(16)20-18(23)10-14(11-19(20)24)5-3-4-8-21/h9-11,16-17,21-24H,1,3-8,12H2,2H3/t16-,17?/m0/s1. The zero-order valence-corrected chi connectivity index (χ0v) is 14.3. The van der Waals surface area contributed by atoms with Crippen molar-refractivity contribution >= 4 is 0 Å². The van der Waals surface area contributed by atoms with E-state index in [1.807, 2.05) is 13.0 Å². The zero-order chi connectivity index (χ0) is 17.7. The molecular formula is C20H28O4. The van der Waals surface area contributed by atoms with Crippen LogP contribution in [0.3, 0.4) is 0 Å². The van der Waals surface area contributed by atoms with Gasteiger partial charge in [0, 0.05) is 18.1 Å². The number of aliphatic hydroxyl groups is 2. The Morgan fingerprint density at radius 3 is 2.38 bits per heavy atom. The average Bonchev–Trinajstić information content (AvgIpc) is 2.54. The van der Waals surface area contributed by atoms with E-state index in [0.717, 1.165) is 36.0 Å². The largest absolute Gasteiger partial charge is 0.507 e. The minimum Gasteiger partial charge on any atom is -0.507 e. The third-order valence-corrected chi connectivity index (χ3v) is 4.86. The topological polar surface area (TPSA) is 80.9 Å². The van der Waals surface area contributed by atoms with Gasteiger partial charge < -0.3 is 20.4 Å². The first-order chi connectivity index (χ1) is 11.5. The molecule has 24 heavy (non-hydrogen) atoms. The van der Waals surface area contributed by atoms with Gasteiger partial charge in [0.1, 0.15) is 11.5 Å². The number of rotatable bonds is 7. The van der Waals surface area contributed by atoms with Gasteiger partial charge >= 0.3 is 0 Å². The number of aromatic hydroxyl groups is 2. The highest BCUT2D eigenvalue weighted by molar-refractivity contribution is 5.52. The van der Waals surface area contributed by atoms with Gasteiger partial charge in [-0.2, -0.15) is 0 Å². The third kappa shape index (κ3) is 4.19. The molecule has 2 atom stereocenters. The van der Waals surface area contributed by atoms with Crippen LogP contribution in [0.15, 0.2) is 35.9 Å². The van der Waals surface area contributed by atoms with E-state index in [9.17, 15) is 15.3 Å². The molecule has 132 valence electrons. The number of aryl methyl sites for hydroxylation is 1. The Morgan fingerprint density at radius 1 is 1.17 bits per heavy atom. The number of phenols is 2. The van der Waals surface area contributed by atoms with Gasteiger partial charge in [-0.1, -0.05) is 18.2 Å². The van der Waals surface area contributed by atoms with Gasteiger partial charge in [-0.15, -0.1) is 0 Å². The number of aliphatic hydroxyl groups excluding tert-OH is 2. The van der Waals surface area contributed by atoms with Crippen molar-refractivity contribution in [3.8, 4) is 11.5 Å². The molecule has 4 heteroatoms. The summed E-state index contributed by atoms with van der Waals surface area (Å²) in [5.41, 5.74) is 3.32. The first-order valence-electron chi connectivity index (χ1n) is 8.59. The molecular weight excluding hydrogens is 304 g/mol. The molecule has 0 heterocycles. The number of hydrogen-bond acceptors (Lipinski definition) is 4. The molecule has 0 aliphatic heterocycles. The van der Waals surface area contributed by atoms with Crippen molar-refractivity contribution in [2.45, 2.75) is 44.9 Å². The molecule has 0 bridgehead atoms. The fraction of sp³-hybridized carbons (Fsp3) is 0.500. The molecule has 4 nitrogen and oxygen atoms in total. The van der Waals surface area contributed by atoms with E-state index < -0.39 is 0 Å². The van der Waals surface area contributed by atoms with E-state index in [4.69, 9.17) is 5.11 Å². The number of benzene rings is 1. The number of phenolic OH excluding ortho intramolecular Hbond substituents is 2. The molecule has 4 N–H and O–H groups in total. The first kappa shape index (κ1) is 18.6. The van der Waals surface area contributed by atoms with E-state index in [0.29, 0.717) is 18.4 Å². The minimum atomic E-state index is -0.176. The summed E-state index contributed by atoms with van der Waals surface area (Å²) in [5, 5.41) is 39.3. The summed E-state index contributed by atoms with van der Waals surface area (Å²) in [4.78, 5) is 0. The predicted octanol–water partition coefficient (Wildman–Crippen LogP) is 3.40. The van der Waals surface area contributed by atoms with Gasteiger partial charge in [0.25, 0.3) is 0 Å². The summed E-state index contributed by atoms with van der Waals surface area (Å²) in [6, 6.07) is 3.39. The summed E-state index contributed by atoms with van der Waals surface area (Å²) < 4.78 is 0. The van der Waals surface area contributed by atoms with Gasteiger partial charge in [-0.05, 0) is 68.2 Å². The van der Waals surface area contributed by atoms with Crippen molar-refractivity contribution < 1.29 is 20.4 Å². The van der Waals surface area contributed by atoms with Crippen LogP contribution in [-0.2, 0) is 6.42 Å². The van der Waals surface area contributed by atoms with Gasteiger partial charge in [0.05, 0.1) is 6.61 Å².